The van der Waals surface area contributed by atoms with Gasteiger partial charge in [0.25, 0.3) is 5.91 Å². The number of amides is 1. The van der Waals surface area contributed by atoms with Gasteiger partial charge in [0.2, 0.25) is 0 Å². The number of carbonyl (C=O) groups excluding carboxylic acids is 1. The summed E-state index contributed by atoms with van der Waals surface area (Å²) >= 11 is 11.4. The lowest BCUT2D eigenvalue weighted by atomic mass is 9.78. The van der Waals surface area contributed by atoms with E-state index in [0.29, 0.717) is 18.4 Å². The van der Waals surface area contributed by atoms with Crippen LogP contribution in [-0.4, -0.2) is 16.4 Å². The van der Waals surface area contributed by atoms with E-state index in [9.17, 15) is 4.79 Å². The van der Waals surface area contributed by atoms with Crippen LogP contribution in [0, 0.1) is 11.3 Å². The van der Waals surface area contributed by atoms with E-state index in [4.69, 9.17) is 28.5 Å². The van der Waals surface area contributed by atoms with Crippen LogP contribution < -0.4 is 5.32 Å². The van der Waals surface area contributed by atoms with Crippen LogP contribution in [0.15, 0.2) is 12.3 Å². The van der Waals surface area contributed by atoms with Gasteiger partial charge in [0, 0.05) is 6.20 Å². The summed E-state index contributed by atoms with van der Waals surface area (Å²) in [5, 5.41) is 12.1. The van der Waals surface area contributed by atoms with Crippen LogP contribution in [0.1, 0.15) is 29.6 Å². The van der Waals surface area contributed by atoms with Crippen molar-refractivity contribution in [2.75, 3.05) is 0 Å². The Bertz CT molecular complexity index is 506. The van der Waals surface area contributed by atoms with E-state index in [2.05, 4.69) is 16.4 Å². The second-order valence-electron chi connectivity index (χ2n) is 4.00. The summed E-state index contributed by atoms with van der Waals surface area (Å²) in [4.78, 5) is 15.7. The Hall–Kier alpha value is -1.31. The molecule has 1 aliphatic carbocycles. The number of hydrogen-bond acceptors (Lipinski definition) is 3. The lowest BCUT2D eigenvalue weighted by Gasteiger charge is -2.35. The van der Waals surface area contributed by atoms with Gasteiger partial charge < -0.3 is 5.32 Å². The van der Waals surface area contributed by atoms with Crippen molar-refractivity contribution in [1.82, 2.24) is 10.3 Å². The first kappa shape index (κ1) is 12.2. The van der Waals surface area contributed by atoms with Crippen molar-refractivity contribution < 1.29 is 4.79 Å². The third kappa shape index (κ3) is 2.36. The molecule has 0 aliphatic heterocycles. The van der Waals surface area contributed by atoms with E-state index in [1.807, 2.05) is 0 Å². The van der Waals surface area contributed by atoms with Gasteiger partial charge in [0.05, 0.1) is 16.7 Å². The van der Waals surface area contributed by atoms with E-state index in [-0.39, 0.29) is 16.1 Å². The van der Waals surface area contributed by atoms with E-state index >= 15 is 0 Å². The standard InChI is InChI=1S/C11H9Cl2N3O/c12-8-4-7(5-15-9(8)13)10(17)16-11(6-14)2-1-3-11/h4-5H,1-3H2,(H,16,17). The molecule has 2 rings (SSSR count). The Balaban J connectivity index is 2.15. The Morgan fingerprint density at radius 2 is 2.24 bits per heavy atom. The molecule has 0 atom stereocenters. The Morgan fingerprint density at radius 1 is 1.53 bits per heavy atom. The molecule has 88 valence electrons. The molecule has 0 radical (unpaired) electrons. The lowest BCUT2D eigenvalue weighted by Crippen LogP contribution is -2.52. The van der Waals surface area contributed by atoms with Crippen LogP contribution in [0.3, 0.4) is 0 Å². The summed E-state index contributed by atoms with van der Waals surface area (Å²) in [6.45, 7) is 0. The zero-order valence-electron chi connectivity index (χ0n) is 8.83. The third-order valence-corrected chi connectivity index (χ3v) is 3.52. The van der Waals surface area contributed by atoms with Crippen molar-refractivity contribution in [3.05, 3.63) is 28.0 Å². The highest BCUT2D eigenvalue weighted by atomic mass is 35.5. The molecule has 1 fully saturated rings. The minimum atomic E-state index is -0.719. The maximum atomic E-state index is 11.9. The van der Waals surface area contributed by atoms with Gasteiger partial charge in [-0.2, -0.15) is 5.26 Å². The van der Waals surface area contributed by atoms with Crippen molar-refractivity contribution in [1.29, 1.82) is 5.26 Å². The first-order chi connectivity index (χ1) is 8.06. The molecule has 6 heteroatoms. The van der Waals surface area contributed by atoms with Gasteiger partial charge in [-0.25, -0.2) is 4.98 Å². The average Bonchev–Trinajstić information content (AvgIpc) is 2.27. The number of carbonyl (C=O) groups is 1. The third-order valence-electron chi connectivity index (χ3n) is 2.83. The highest BCUT2D eigenvalue weighted by molar-refractivity contribution is 6.41. The fourth-order valence-corrected chi connectivity index (χ4v) is 1.90. The van der Waals surface area contributed by atoms with E-state index in [1.54, 1.807) is 0 Å². The summed E-state index contributed by atoms with van der Waals surface area (Å²) in [6.07, 6.45) is 3.66. The first-order valence-corrected chi connectivity index (χ1v) is 5.87. The van der Waals surface area contributed by atoms with Crippen molar-refractivity contribution in [3.63, 3.8) is 0 Å². The second-order valence-corrected chi connectivity index (χ2v) is 4.76. The number of nitrogens with one attached hydrogen (secondary N) is 1. The van der Waals surface area contributed by atoms with Crippen LogP contribution in [0.4, 0.5) is 0 Å². The van der Waals surface area contributed by atoms with Crippen molar-refractivity contribution in [2.45, 2.75) is 24.8 Å². The van der Waals surface area contributed by atoms with Crippen molar-refractivity contribution in [3.8, 4) is 6.07 Å². The van der Waals surface area contributed by atoms with Crippen LogP contribution >= 0.6 is 23.2 Å². The molecule has 17 heavy (non-hydrogen) atoms. The summed E-state index contributed by atoms with van der Waals surface area (Å²) in [7, 11) is 0. The Labute approximate surface area is 109 Å². The minimum Gasteiger partial charge on any atom is -0.334 e. The largest absolute Gasteiger partial charge is 0.334 e. The SMILES string of the molecule is N#CC1(NC(=O)c2cnc(Cl)c(Cl)c2)CCC1. The molecule has 1 aromatic heterocycles. The highest BCUT2D eigenvalue weighted by Crippen LogP contribution is 2.31. The number of hydrogen-bond donors (Lipinski definition) is 1. The maximum Gasteiger partial charge on any atom is 0.254 e. The topological polar surface area (TPSA) is 65.8 Å². The van der Waals surface area contributed by atoms with Crippen LogP contribution in [0.5, 0.6) is 0 Å². The summed E-state index contributed by atoms with van der Waals surface area (Å²) in [6, 6.07) is 3.57. The molecule has 0 spiro atoms. The van der Waals surface area contributed by atoms with Crippen LogP contribution in [0.2, 0.25) is 10.2 Å². The van der Waals surface area contributed by atoms with Gasteiger partial charge in [-0.3, -0.25) is 4.79 Å². The molecule has 1 aliphatic rings. The van der Waals surface area contributed by atoms with Gasteiger partial charge in [0.1, 0.15) is 10.7 Å². The molecular weight excluding hydrogens is 261 g/mol. The van der Waals surface area contributed by atoms with Gasteiger partial charge in [0.15, 0.2) is 0 Å². The summed E-state index contributed by atoms with van der Waals surface area (Å²) in [5.41, 5.74) is -0.413. The molecule has 4 nitrogen and oxygen atoms in total. The molecule has 0 saturated heterocycles. The fourth-order valence-electron chi connectivity index (χ4n) is 1.63. The van der Waals surface area contributed by atoms with Crippen molar-refractivity contribution >= 4 is 29.1 Å². The lowest BCUT2D eigenvalue weighted by molar-refractivity contribution is 0.0881. The van der Waals surface area contributed by atoms with Crippen LogP contribution in [0.25, 0.3) is 0 Å². The zero-order chi connectivity index (χ0) is 12.5. The zero-order valence-corrected chi connectivity index (χ0v) is 10.3. The Morgan fingerprint density at radius 3 is 2.71 bits per heavy atom. The number of aromatic nitrogens is 1. The predicted octanol–water partition coefficient (Wildman–Crippen LogP) is 2.56. The van der Waals surface area contributed by atoms with Gasteiger partial charge >= 0.3 is 0 Å². The predicted molar refractivity (Wildman–Crippen MR) is 63.9 cm³/mol. The van der Waals surface area contributed by atoms with Gasteiger partial charge in [-0.05, 0) is 25.3 Å². The first-order valence-electron chi connectivity index (χ1n) is 5.11. The molecule has 0 unspecified atom stereocenters. The Kier molecular flexibility index (Phi) is 3.23. The summed E-state index contributed by atoms with van der Waals surface area (Å²) in [5.74, 6) is -0.350. The van der Waals surface area contributed by atoms with E-state index < -0.39 is 5.54 Å². The normalized spacial score (nSPS) is 16.8. The maximum absolute atomic E-state index is 11.9. The van der Waals surface area contributed by atoms with Gasteiger partial charge in [-0.15, -0.1) is 0 Å². The minimum absolute atomic E-state index is 0.154. The summed E-state index contributed by atoms with van der Waals surface area (Å²) < 4.78 is 0. The molecule has 0 bridgehead atoms. The number of nitrogens with zero attached hydrogens (tertiary/aromatic N) is 2. The quantitative estimate of drug-likeness (QED) is 0.840. The number of halogens is 2. The van der Waals surface area contributed by atoms with Crippen LogP contribution in [-0.2, 0) is 0 Å². The molecular formula is C11H9Cl2N3O. The second kappa shape index (κ2) is 4.52. The van der Waals surface area contributed by atoms with Gasteiger partial charge in [-0.1, -0.05) is 23.2 Å². The molecule has 1 aromatic rings. The van der Waals surface area contributed by atoms with E-state index in [0.717, 1.165) is 6.42 Å². The molecule has 1 saturated carbocycles. The molecule has 1 heterocycles. The number of nitriles is 1. The average molecular weight is 270 g/mol. The smallest absolute Gasteiger partial charge is 0.254 e. The van der Waals surface area contributed by atoms with Crippen molar-refractivity contribution in [2.24, 2.45) is 0 Å². The van der Waals surface area contributed by atoms with E-state index in [1.165, 1.54) is 12.3 Å². The molecule has 1 amide bonds. The number of pyridine rings is 1. The highest BCUT2D eigenvalue weighted by Gasteiger charge is 2.38. The fraction of sp³-hybridized carbons (Fsp3) is 0.364. The monoisotopic (exact) mass is 269 g/mol. The number of rotatable bonds is 2. The molecule has 1 N–H and O–H groups in total. The molecule has 0 aromatic carbocycles.